The monoisotopic (exact) mass is 266 g/mol. The van der Waals surface area contributed by atoms with Crippen LogP contribution in [0.2, 0.25) is 0 Å². The van der Waals surface area contributed by atoms with Crippen LogP contribution < -0.4 is 0 Å². The molecule has 0 bridgehead atoms. The van der Waals surface area contributed by atoms with Gasteiger partial charge >= 0.3 is 0 Å². The number of aliphatic imine (C=N–C) groups is 1. The first-order valence-corrected chi connectivity index (χ1v) is 6.80. The molecule has 102 valence electrons. The lowest BCUT2D eigenvalue weighted by Crippen LogP contribution is -2.46. The van der Waals surface area contributed by atoms with Crippen molar-refractivity contribution >= 4 is 11.6 Å². The van der Waals surface area contributed by atoms with E-state index in [4.69, 9.17) is 4.74 Å². The van der Waals surface area contributed by atoms with Gasteiger partial charge in [0.1, 0.15) is 6.10 Å². The van der Waals surface area contributed by atoms with Gasteiger partial charge in [0.2, 0.25) is 0 Å². The van der Waals surface area contributed by atoms with Gasteiger partial charge in [0.25, 0.3) is 0 Å². The van der Waals surface area contributed by atoms with E-state index in [1.807, 2.05) is 30.5 Å². The van der Waals surface area contributed by atoms with Gasteiger partial charge in [-0.05, 0) is 39.0 Å². The molecule has 1 saturated heterocycles. The Labute approximate surface area is 119 Å². The summed E-state index contributed by atoms with van der Waals surface area (Å²) in [5.41, 5.74) is 3.16. The average Bonchev–Trinajstić information content (AvgIpc) is 2.46. The van der Waals surface area contributed by atoms with E-state index in [2.05, 4.69) is 42.9 Å². The zero-order valence-electron chi connectivity index (χ0n) is 12.0. The molecule has 2 heterocycles. The molecule has 1 aromatic heterocycles. The molecular weight excluding hydrogens is 248 g/mol. The van der Waals surface area contributed by atoms with E-state index in [9.17, 15) is 0 Å². The van der Waals surface area contributed by atoms with E-state index in [1.54, 1.807) is 6.20 Å². The van der Waals surface area contributed by atoms with Crippen molar-refractivity contribution in [3.8, 4) is 0 Å². The highest BCUT2D eigenvalue weighted by Crippen LogP contribution is 2.48. The number of pyridine rings is 1. The molecule has 3 nitrogen and oxygen atoms in total. The third-order valence-corrected chi connectivity index (χ3v) is 3.69. The van der Waals surface area contributed by atoms with Crippen molar-refractivity contribution in [3.63, 3.8) is 0 Å². The maximum Gasteiger partial charge on any atom is 0.199 e. The highest BCUT2D eigenvalue weighted by Gasteiger charge is 2.49. The van der Waals surface area contributed by atoms with Crippen molar-refractivity contribution in [2.75, 3.05) is 0 Å². The Hall–Kier alpha value is -2.16. The number of hydrogen-bond donors (Lipinski definition) is 0. The fraction of sp³-hybridized carbons (Fsp3) is 0.294. The summed E-state index contributed by atoms with van der Waals surface area (Å²) in [6, 6.07) is 12.1. The van der Waals surface area contributed by atoms with Crippen LogP contribution in [-0.4, -0.2) is 10.9 Å². The molecule has 2 aromatic rings. The molecule has 0 N–H and O–H groups in total. The molecule has 1 unspecified atom stereocenters. The van der Waals surface area contributed by atoms with Crippen molar-refractivity contribution in [3.05, 3.63) is 59.9 Å². The Morgan fingerprint density at radius 2 is 1.90 bits per heavy atom. The highest BCUT2D eigenvalue weighted by atomic mass is 16.5. The summed E-state index contributed by atoms with van der Waals surface area (Å²) in [6.45, 7) is 6.38. The van der Waals surface area contributed by atoms with Gasteiger partial charge in [0, 0.05) is 18.0 Å². The number of aryl methyl sites for hydroxylation is 1. The zero-order chi connectivity index (χ0) is 14.2. The molecule has 3 rings (SSSR count). The fourth-order valence-electron chi connectivity index (χ4n) is 2.39. The standard InChI is InChI=1S/C17H18N2O/c1-12-6-8-14(9-7-12)19-16-17(2,3)15(20-16)13-5-4-10-18-11-13/h4-11,15H,1-3H3. The highest BCUT2D eigenvalue weighted by molar-refractivity contribution is 5.90. The molecule has 0 amide bonds. The van der Waals surface area contributed by atoms with Crippen molar-refractivity contribution in [1.29, 1.82) is 0 Å². The summed E-state index contributed by atoms with van der Waals surface area (Å²) in [7, 11) is 0. The number of benzene rings is 1. The second-order valence-electron chi connectivity index (χ2n) is 5.76. The summed E-state index contributed by atoms with van der Waals surface area (Å²) >= 11 is 0. The minimum atomic E-state index is -0.103. The normalized spacial score (nSPS) is 22.1. The molecule has 3 heteroatoms. The summed E-state index contributed by atoms with van der Waals surface area (Å²) in [6.07, 6.45) is 3.66. The quantitative estimate of drug-likeness (QED) is 0.815. The number of rotatable bonds is 2. The summed E-state index contributed by atoms with van der Waals surface area (Å²) in [4.78, 5) is 8.76. The molecular formula is C17H18N2O. The lowest BCUT2D eigenvalue weighted by molar-refractivity contribution is 0.000441. The van der Waals surface area contributed by atoms with Crippen molar-refractivity contribution in [2.24, 2.45) is 10.4 Å². The largest absolute Gasteiger partial charge is 0.471 e. The van der Waals surface area contributed by atoms with Gasteiger partial charge in [-0.2, -0.15) is 0 Å². The van der Waals surface area contributed by atoms with E-state index in [1.165, 1.54) is 5.56 Å². The van der Waals surface area contributed by atoms with E-state index < -0.39 is 0 Å². The second kappa shape index (κ2) is 4.75. The number of nitrogens with zero attached hydrogens (tertiary/aromatic N) is 2. The van der Waals surface area contributed by atoms with E-state index in [0.29, 0.717) is 0 Å². The molecule has 0 spiro atoms. The van der Waals surface area contributed by atoms with Crippen LogP contribution in [0.15, 0.2) is 53.8 Å². The van der Waals surface area contributed by atoms with E-state index in [-0.39, 0.29) is 11.5 Å². The molecule has 1 atom stereocenters. The van der Waals surface area contributed by atoms with Gasteiger partial charge in [-0.15, -0.1) is 0 Å². The molecule has 1 aromatic carbocycles. The summed E-state index contributed by atoms with van der Waals surface area (Å²) in [5, 5.41) is 0. The number of aromatic nitrogens is 1. The molecule has 1 aliphatic heterocycles. The number of ether oxygens (including phenoxy) is 1. The minimum Gasteiger partial charge on any atom is -0.471 e. The Bertz CT molecular complexity index is 630. The maximum absolute atomic E-state index is 5.88. The van der Waals surface area contributed by atoms with Crippen molar-refractivity contribution in [2.45, 2.75) is 26.9 Å². The lowest BCUT2D eigenvalue weighted by atomic mass is 9.78. The Morgan fingerprint density at radius 3 is 2.50 bits per heavy atom. The van der Waals surface area contributed by atoms with Crippen LogP contribution in [0.1, 0.15) is 31.1 Å². The third kappa shape index (κ3) is 2.20. The predicted octanol–water partition coefficient (Wildman–Crippen LogP) is 4.22. The van der Waals surface area contributed by atoms with Crippen molar-refractivity contribution in [1.82, 2.24) is 4.98 Å². The summed E-state index contributed by atoms with van der Waals surface area (Å²) < 4.78 is 5.88. The first kappa shape index (κ1) is 12.9. The molecule has 0 saturated carbocycles. The Kier molecular flexibility index (Phi) is 3.05. The van der Waals surface area contributed by atoms with Crippen LogP contribution in [0.25, 0.3) is 0 Å². The smallest absolute Gasteiger partial charge is 0.199 e. The first-order valence-electron chi connectivity index (χ1n) is 6.80. The topological polar surface area (TPSA) is 34.5 Å². The SMILES string of the molecule is Cc1ccc(N=C2OC(c3cccnc3)C2(C)C)cc1. The molecule has 1 aliphatic rings. The molecule has 0 radical (unpaired) electrons. The summed E-state index contributed by atoms with van der Waals surface area (Å²) in [5.74, 6) is 0.787. The Morgan fingerprint density at radius 1 is 1.15 bits per heavy atom. The maximum atomic E-state index is 5.88. The van der Waals surface area contributed by atoms with Gasteiger partial charge < -0.3 is 4.74 Å². The van der Waals surface area contributed by atoms with Gasteiger partial charge in [-0.1, -0.05) is 23.8 Å². The average molecular weight is 266 g/mol. The van der Waals surface area contributed by atoms with Crippen LogP contribution >= 0.6 is 0 Å². The minimum absolute atomic E-state index is 0.0281. The Balaban J connectivity index is 1.83. The van der Waals surface area contributed by atoms with Gasteiger partial charge in [0.15, 0.2) is 5.90 Å². The van der Waals surface area contributed by atoms with Gasteiger partial charge in [0.05, 0.1) is 11.1 Å². The van der Waals surface area contributed by atoms with Crippen LogP contribution in [-0.2, 0) is 4.74 Å². The predicted molar refractivity (Wildman–Crippen MR) is 80.1 cm³/mol. The molecule has 20 heavy (non-hydrogen) atoms. The lowest BCUT2D eigenvalue weighted by Gasteiger charge is -2.45. The van der Waals surface area contributed by atoms with E-state index in [0.717, 1.165) is 17.1 Å². The van der Waals surface area contributed by atoms with Crippen molar-refractivity contribution < 1.29 is 4.74 Å². The molecule has 0 aliphatic carbocycles. The van der Waals surface area contributed by atoms with Crippen LogP contribution in [0.5, 0.6) is 0 Å². The van der Waals surface area contributed by atoms with Gasteiger partial charge in [-0.25, -0.2) is 4.99 Å². The number of hydrogen-bond acceptors (Lipinski definition) is 3. The van der Waals surface area contributed by atoms with Crippen LogP contribution in [0.4, 0.5) is 5.69 Å². The third-order valence-electron chi connectivity index (χ3n) is 3.69. The van der Waals surface area contributed by atoms with Crippen LogP contribution in [0.3, 0.4) is 0 Å². The molecule has 1 fully saturated rings. The van der Waals surface area contributed by atoms with E-state index >= 15 is 0 Å². The zero-order valence-corrected chi connectivity index (χ0v) is 12.0. The first-order chi connectivity index (χ1) is 9.57. The fourth-order valence-corrected chi connectivity index (χ4v) is 2.39. The van der Waals surface area contributed by atoms with Gasteiger partial charge in [-0.3, -0.25) is 4.98 Å². The van der Waals surface area contributed by atoms with Crippen LogP contribution in [0, 0.1) is 12.3 Å². The second-order valence-corrected chi connectivity index (χ2v) is 5.76.